The fraction of sp³-hybridized carbons (Fsp3) is 0. The Labute approximate surface area is 336 Å². The van der Waals surface area contributed by atoms with E-state index in [2.05, 4.69) is 203 Å². The van der Waals surface area contributed by atoms with Crippen LogP contribution in [0.5, 0.6) is 0 Å². The van der Waals surface area contributed by atoms with E-state index in [1.165, 1.54) is 80.5 Å². The second-order valence-corrected chi connectivity index (χ2v) is 16.3. The Kier molecular flexibility index (Phi) is 6.60. The van der Waals surface area contributed by atoms with Gasteiger partial charge >= 0.3 is 0 Å². The molecule has 0 aliphatic heterocycles. The van der Waals surface area contributed by atoms with Crippen LogP contribution in [0.4, 0.5) is 0 Å². The van der Waals surface area contributed by atoms with Crippen molar-refractivity contribution in [3.63, 3.8) is 0 Å². The first kappa shape index (κ1) is 31.8. The Morgan fingerprint density at radius 1 is 0.345 bits per heavy atom. The summed E-state index contributed by atoms with van der Waals surface area (Å²) in [6, 6.07) is 70.6. The van der Waals surface area contributed by atoms with Crippen LogP contribution in [-0.2, 0) is 0 Å². The zero-order valence-electron chi connectivity index (χ0n) is 31.2. The molecule has 13 aromatic rings. The molecule has 0 aliphatic carbocycles. The lowest BCUT2D eigenvalue weighted by Crippen LogP contribution is -1.93. The summed E-state index contributed by atoms with van der Waals surface area (Å²) in [5.41, 5.74) is 13.7. The van der Waals surface area contributed by atoms with Gasteiger partial charge in [-0.2, -0.15) is 0 Å². The minimum absolute atomic E-state index is 0.890. The average molecular weight is 757 g/mol. The topological polar surface area (TPSA) is 23.0 Å². The van der Waals surface area contributed by atoms with Gasteiger partial charge in [-0.3, -0.25) is 0 Å². The fourth-order valence-electron chi connectivity index (χ4n) is 9.58. The van der Waals surface area contributed by atoms with Crippen molar-refractivity contribution in [3.05, 3.63) is 194 Å². The first-order chi connectivity index (χ1) is 28.8. The molecule has 4 heteroatoms. The van der Waals surface area contributed by atoms with Gasteiger partial charge in [0, 0.05) is 63.9 Å². The second kappa shape index (κ2) is 12.1. The number of furan rings is 1. The quantitative estimate of drug-likeness (QED) is 0.175. The van der Waals surface area contributed by atoms with Gasteiger partial charge in [-0.15, -0.1) is 11.3 Å². The summed E-state index contributed by atoms with van der Waals surface area (Å²) < 4.78 is 14.0. The average Bonchev–Trinajstić information content (AvgIpc) is 4.04. The molecule has 0 saturated carbocycles. The molecule has 13 rings (SSSR count). The van der Waals surface area contributed by atoms with Crippen LogP contribution in [0.2, 0.25) is 0 Å². The van der Waals surface area contributed by atoms with Gasteiger partial charge in [0.1, 0.15) is 11.2 Å². The third kappa shape index (κ3) is 4.49. The van der Waals surface area contributed by atoms with Gasteiger partial charge < -0.3 is 13.6 Å². The molecule has 0 bridgehead atoms. The van der Waals surface area contributed by atoms with Crippen molar-refractivity contribution in [1.82, 2.24) is 9.13 Å². The summed E-state index contributed by atoms with van der Waals surface area (Å²) in [5.74, 6) is 0. The summed E-state index contributed by atoms with van der Waals surface area (Å²) in [6.45, 7) is 0. The van der Waals surface area contributed by atoms with E-state index in [-0.39, 0.29) is 0 Å². The first-order valence-corrected chi connectivity index (χ1v) is 20.6. The highest BCUT2D eigenvalue weighted by molar-refractivity contribution is 7.26. The molecular formula is C54H32N2OS. The molecule has 0 radical (unpaired) electrons. The van der Waals surface area contributed by atoms with Crippen LogP contribution >= 0.6 is 11.3 Å². The lowest BCUT2D eigenvalue weighted by Gasteiger charge is -2.10. The summed E-state index contributed by atoms with van der Waals surface area (Å²) in [6.07, 6.45) is 0. The van der Waals surface area contributed by atoms with Crippen molar-refractivity contribution in [2.45, 2.75) is 0 Å². The Morgan fingerprint density at radius 2 is 0.966 bits per heavy atom. The lowest BCUT2D eigenvalue weighted by atomic mass is 9.96. The van der Waals surface area contributed by atoms with Gasteiger partial charge in [0.05, 0.1) is 22.1 Å². The van der Waals surface area contributed by atoms with E-state index in [1.54, 1.807) is 0 Å². The monoisotopic (exact) mass is 756 g/mol. The van der Waals surface area contributed by atoms with E-state index in [9.17, 15) is 0 Å². The Hall–Kier alpha value is -7.40. The van der Waals surface area contributed by atoms with Crippen molar-refractivity contribution < 1.29 is 4.42 Å². The van der Waals surface area contributed by atoms with Crippen LogP contribution in [0, 0.1) is 0 Å². The van der Waals surface area contributed by atoms with Crippen molar-refractivity contribution in [2.24, 2.45) is 0 Å². The van der Waals surface area contributed by atoms with Crippen LogP contribution < -0.4 is 0 Å². The first-order valence-electron chi connectivity index (χ1n) is 19.8. The maximum Gasteiger partial charge on any atom is 0.136 e. The largest absolute Gasteiger partial charge is 0.456 e. The highest BCUT2D eigenvalue weighted by Crippen LogP contribution is 2.45. The van der Waals surface area contributed by atoms with Gasteiger partial charge in [0.2, 0.25) is 0 Å². The molecule has 0 unspecified atom stereocenters. The number of rotatable bonds is 4. The number of hydrogen-bond donors (Lipinski definition) is 0. The van der Waals surface area contributed by atoms with E-state index in [4.69, 9.17) is 4.42 Å². The third-order valence-electron chi connectivity index (χ3n) is 12.1. The molecule has 0 fully saturated rings. The highest BCUT2D eigenvalue weighted by Gasteiger charge is 2.21. The number of aromatic nitrogens is 2. The van der Waals surface area contributed by atoms with Crippen LogP contribution in [0.1, 0.15) is 0 Å². The van der Waals surface area contributed by atoms with Crippen LogP contribution in [-0.4, -0.2) is 9.13 Å². The van der Waals surface area contributed by atoms with Gasteiger partial charge in [-0.1, -0.05) is 109 Å². The molecule has 0 amide bonds. The second-order valence-electron chi connectivity index (χ2n) is 15.2. The van der Waals surface area contributed by atoms with E-state index < -0.39 is 0 Å². The molecule has 3 nitrogen and oxygen atoms in total. The minimum Gasteiger partial charge on any atom is -0.456 e. The van der Waals surface area contributed by atoms with E-state index in [0.717, 1.165) is 38.9 Å². The molecule has 4 aromatic heterocycles. The molecule has 0 saturated heterocycles. The standard InChI is InChI=1S/C54H32N2OS/c1-3-12-36(13-4-1)55-45-19-9-7-16-39(45)42-30-33(22-26-46(42)55)34-24-28-48-44(31-34)52-38(18-11-20-49(52)57-48)35-23-27-47-43(32-35)40-25-29-51-53(41-17-8-10-21-50(41)58-51)54(40)56(47)37-14-5-2-6-15-37/h1-32H. The van der Waals surface area contributed by atoms with Crippen molar-refractivity contribution in [1.29, 1.82) is 0 Å². The predicted octanol–water partition coefficient (Wildman–Crippen LogP) is 15.5. The zero-order valence-corrected chi connectivity index (χ0v) is 32.0. The van der Waals surface area contributed by atoms with Crippen LogP contribution in [0.15, 0.2) is 199 Å². The smallest absolute Gasteiger partial charge is 0.136 e. The number of para-hydroxylation sites is 3. The van der Waals surface area contributed by atoms with Gasteiger partial charge in [-0.25, -0.2) is 0 Å². The molecule has 0 aliphatic rings. The maximum atomic E-state index is 6.58. The van der Waals surface area contributed by atoms with Crippen molar-refractivity contribution in [2.75, 3.05) is 0 Å². The molecule has 0 atom stereocenters. The minimum atomic E-state index is 0.890. The summed E-state index contributed by atoms with van der Waals surface area (Å²) in [7, 11) is 0. The van der Waals surface area contributed by atoms with Gasteiger partial charge in [0.15, 0.2) is 0 Å². The summed E-state index contributed by atoms with van der Waals surface area (Å²) in [5, 5.41) is 9.86. The van der Waals surface area contributed by atoms with Crippen molar-refractivity contribution >= 4 is 97.1 Å². The number of thiophene rings is 1. The fourth-order valence-corrected chi connectivity index (χ4v) is 10.7. The molecule has 4 heterocycles. The Morgan fingerprint density at radius 3 is 1.79 bits per heavy atom. The normalized spacial score (nSPS) is 12.1. The van der Waals surface area contributed by atoms with Gasteiger partial charge in [-0.05, 0) is 107 Å². The third-order valence-corrected chi connectivity index (χ3v) is 13.2. The molecule has 9 aromatic carbocycles. The Balaban J connectivity index is 1.01. The van der Waals surface area contributed by atoms with Crippen molar-refractivity contribution in [3.8, 4) is 33.6 Å². The maximum absolute atomic E-state index is 6.58. The molecular weight excluding hydrogens is 725 g/mol. The highest BCUT2D eigenvalue weighted by atomic mass is 32.1. The molecule has 0 spiro atoms. The van der Waals surface area contributed by atoms with Crippen LogP contribution in [0.25, 0.3) is 119 Å². The number of nitrogens with zero attached hydrogens (tertiary/aromatic N) is 2. The SMILES string of the molecule is c1ccc(-n2c3ccccc3c3cc(-c4ccc5oc6cccc(-c7ccc8c(c7)c7ccc9sc%10ccccc%10c9c7n8-c7ccccc7)c6c5c4)ccc32)cc1. The Bertz CT molecular complexity index is 3790. The number of benzene rings is 9. The van der Waals surface area contributed by atoms with E-state index in [0.29, 0.717) is 0 Å². The molecule has 58 heavy (non-hydrogen) atoms. The molecule has 0 N–H and O–H groups in total. The van der Waals surface area contributed by atoms with Crippen LogP contribution in [0.3, 0.4) is 0 Å². The summed E-state index contributed by atoms with van der Waals surface area (Å²) in [4.78, 5) is 0. The zero-order chi connectivity index (χ0) is 37.9. The summed E-state index contributed by atoms with van der Waals surface area (Å²) >= 11 is 1.87. The number of fused-ring (bicyclic) bond motifs is 13. The predicted molar refractivity (Wildman–Crippen MR) is 246 cm³/mol. The lowest BCUT2D eigenvalue weighted by molar-refractivity contribution is 0.669. The van der Waals surface area contributed by atoms with E-state index >= 15 is 0 Å². The van der Waals surface area contributed by atoms with E-state index in [1.807, 2.05) is 11.3 Å². The molecule has 270 valence electrons. The number of hydrogen-bond acceptors (Lipinski definition) is 2. The van der Waals surface area contributed by atoms with Gasteiger partial charge in [0.25, 0.3) is 0 Å².